The Bertz CT molecular complexity index is 2060. The molecule has 4 bridgehead atoms. The fourth-order valence-corrected chi connectivity index (χ4v) is 8.99. The lowest BCUT2D eigenvalue weighted by atomic mass is 9.87. The summed E-state index contributed by atoms with van der Waals surface area (Å²) in [5.74, 6) is 1.10. The normalized spacial score (nSPS) is 20.9. The molecule has 3 aliphatic heterocycles. The number of hydrogen-bond donors (Lipinski definition) is 1. The summed E-state index contributed by atoms with van der Waals surface area (Å²) in [4.78, 5) is 37.6. The largest absolute Gasteiger partial charge is 0.475 e. The Balaban J connectivity index is 1.29. The summed E-state index contributed by atoms with van der Waals surface area (Å²) in [7, 11) is -4.19. The van der Waals surface area contributed by atoms with Gasteiger partial charge in [0.05, 0.1) is 41.3 Å². The second-order valence-corrected chi connectivity index (χ2v) is 17.4. The molecule has 2 saturated heterocycles. The van der Waals surface area contributed by atoms with Crippen molar-refractivity contribution in [3.05, 3.63) is 83.3 Å². The van der Waals surface area contributed by atoms with E-state index in [1.165, 1.54) is 12.1 Å². The van der Waals surface area contributed by atoms with Gasteiger partial charge >= 0.3 is 0 Å². The molecule has 1 amide bonds. The SMILES string of the molecule is Cc1cccc(C)c1-c1cc2nc(n1)NS(=O)(=O)c1cccc(c1)C(=O)N(Cc1cncc(N3CCC[C@@H]3C3CCOCC3)n1)[C@H](CC(C)(C)C)CO2. The first-order valence-corrected chi connectivity index (χ1v) is 20.0. The topological polar surface area (TPSA) is 140 Å². The molecule has 0 saturated carbocycles. The van der Waals surface area contributed by atoms with Crippen LogP contribution >= 0.6 is 0 Å². The minimum absolute atomic E-state index is 0.0755. The third-order valence-corrected chi connectivity index (χ3v) is 11.8. The van der Waals surface area contributed by atoms with Crippen LogP contribution < -0.4 is 14.4 Å². The first kappa shape index (κ1) is 36.7. The van der Waals surface area contributed by atoms with E-state index in [-0.39, 0.29) is 46.8 Å². The number of rotatable bonds is 6. The first-order chi connectivity index (χ1) is 25.3. The van der Waals surface area contributed by atoms with Crippen molar-refractivity contribution in [3.8, 4) is 17.1 Å². The standard InChI is InChI=1S/C40H49N7O5S/c1-26-9-6-10-27(2)37(26)33-20-36-44-39(43-33)45-53(49,50)32-12-7-11-29(19-32)38(48)47(31(25-52-36)21-40(3,4)5)24-30-22-41-23-35(42-30)46-16-8-13-34(46)28-14-17-51-18-15-28/h6-7,9-12,19-20,22-23,28,31,34H,8,13-18,21,24-25H2,1-5H3,(H,43,44,45)/t31-,34-/m1/s1. The van der Waals surface area contributed by atoms with Crippen LogP contribution in [0.5, 0.6) is 5.88 Å². The van der Waals surface area contributed by atoms with Gasteiger partial charge in [-0.25, -0.2) is 23.1 Å². The Labute approximate surface area is 312 Å². The van der Waals surface area contributed by atoms with Gasteiger partial charge in [0.2, 0.25) is 11.8 Å². The lowest BCUT2D eigenvalue weighted by molar-refractivity contribution is 0.0509. The number of fused-ring (bicyclic) bond motifs is 4. The van der Waals surface area contributed by atoms with Crippen molar-refractivity contribution in [2.75, 3.05) is 36.0 Å². The lowest BCUT2D eigenvalue weighted by Crippen LogP contribution is -2.45. The summed E-state index contributed by atoms with van der Waals surface area (Å²) in [6.07, 6.45) is 8.39. The van der Waals surface area contributed by atoms with Crippen LogP contribution in [0.1, 0.15) is 80.1 Å². The molecule has 2 fully saturated rings. The molecule has 0 unspecified atom stereocenters. The number of sulfonamides is 1. The van der Waals surface area contributed by atoms with Crippen LogP contribution in [0.2, 0.25) is 0 Å². The summed E-state index contributed by atoms with van der Waals surface area (Å²) >= 11 is 0. The van der Waals surface area contributed by atoms with Gasteiger partial charge in [-0.1, -0.05) is 45.0 Å². The molecule has 0 radical (unpaired) electrons. The van der Waals surface area contributed by atoms with Gasteiger partial charge in [-0.15, -0.1) is 0 Å². The highest BCUT2D eigenvalue weighted by Gasteiger charge is 2.35. The molecule has 0 aliphatic carbocycles. The van der Waals surface area contributed by atoms with Gasteiger partial charge in [0, 0.05) is 43.0 Å². The highest BCUT2D eigenvalue weighted by atomic mass is 32.2. The van der Waals surface area contributed by atoms with Crippen molar-refractivity contribution in [1.82, 2.24) is 24.8 Å². The van der Waals surface area contributed by atoms with Crippen molar-refractivity contribution in [2.24, 2.45) is 11.3 Å². The number of benzene rings is 2. The van der Waals surface area contributed by atoms with Gasteiger partial charge in [-0.3, -0.25) is 9.78 Å². The molecule has 2 aromatic heterocycles. The highest BCUT2D eigenvalue weighted by molar-refractivity contribution is 7.92. The van der Waals surface area contributed by atoms with Gasteiger partial charge in [0.1, 0.15) is 12.4 Å². The van der Waals surface area contributed by atoms with Gasteiger partial charge < -0.3 is 19.3 Å². The molecule has 2 aromatic carbocycles. The quantitative estimate of drug-likeness (QED) is 0.231. The zero-order chi connectivity index (χ0) is 37.3. The van der Waals surface area contributed by atoms with E-state index in [2.05, 4.69) is 45.3 Å². The Morgan fingerprint density at radius 3 is 2.45 bits per heavy atom. The fourth-order valence-electron chi connectivity index (χ4n) is 8.00. The maximum absolute atomic E-state index is 14.7. The van der Waals surface area contributed by atoms with Crippen LogP contribution in [0, 0.1) is 25.2 Å². The minimum atomic E-state index is -4.19. The van der Waals surface area contributed by atoms with E-state index in [4.69, 9.17) is 14.5 Å². The van der Waals surface area contributed by atoms with Crippen molar-refractivity contribution in [3.63, 3.8) is 0 Å². The average molecular weight is 740 g/mol. The number of ether oxygens (including phenoxy) is 2. The van der Waals surface area contributed by atoms with E-state index in [9.17, 15) is 13.2 Å². The zero-order valence-electron chi connectivity index (χ0n) is 31.2. The van der Waals surface area contributed by atoms with Crippen molar-refractivity contribution >= 4 is 27.7 Å². The number of nitrogens with one attached hydrogen (secondary N) is 1. The molecule has 3 aliphatic rings. The van der Waals surface area contributed by atoms with Crippen LogP contribution in [0.3, 0.4) is 0 Å². The van der Waals surface area contributed by atoms with Gasteiger partial charge in [0.25, 0.3) is 15.9 Å². The van der Waals surface area contributed by atoms with Crippen molar-refractivity contribution < 1.29 is 22.7 Å². The Kier molecular flexibility index (Phi) is 10.4. The number of aromatic nitrogens is 4. The predicted molar refractivity (Wildman–Crippen MR) is 203 cm³/mol. The molecule has 13 heteroatoms. The van der Waals surface area contributed by atoms with Crippen LogP contribution in [0.4, 0.5) is 11.8 Å². The summed E-state index contributed by atoms with van der Waals surface area (Å²) < 4.78 is 42.3. The molecular weight excluding hydrogens is 691 g/mol. The minimum Gasteiger partial charge on any atom is -0.475 e. The Hall–Kier alpha value is -4.62. The maximum atomic E-state index is 14.7. The highest BCUT2D eigenvalue weighted by Crippen LogP contribution is 2.35. The number of amides is 1. The second kappa shape index (κ2) is 15.0. The lowest BCUT2D eigenvalue weighted by Gasteiger charge is -2.36. The monoisotopic (exact) mass is 739 g/mol. The molecule has 7 rings (SSSR count). The smallest absolute Gasteiger partial charge is 0.264 e. The number of nitrogens with zero attached hydrogens (tertiary/aromatic N) is 6. The summed E-state index contributed by atoms with van der Waals surface area (Å²) in [5.41, 5.74) is 4.03. The number of aryl methyl sites for hydroxylation is 2. The molecule has 0 spiro atoms. The van der Waals surface area contributed by atoms with Crippen molar-refractivity contribution in [1.29, 1.82) is 0 Å². The van der Waals surface area contributed by atoms with E-state index >= 15 is 0 Å². The van der Waals surface area contributed by atoms with E-state index < -0.39 is 16.1 Å². The van der Waals surface area contributed by atoms with Crippen LogP contribution in [0.15, 0.2) is 65.8 Å². The van der Waals surface area contributed by atoms with Gasteiger partial charge in [-0.2, -0.15) is 4.98 Å². The third kappa shape index (κ3) is 8.31. The Morgan fingerprint density at radius 2 is 1.70 bits per heavy atom. The summed E-state index contributed by atoms with van der Waals surface area (Å²) in [6, 6.07) is 13.7. The van der Waals surface area contributed by atoms with Crippen LogP contribution in [-0.4, -0.2) is 77.6 Å². The molecule has 12 nitrogen and oxygen atoms in total. The molecule has 2 atom stereocenters. The summed E-state index contributed by atoms with van der Waals surface area (Å²) in [6.45, 7) is 13.1. The molecular formula is C40H49N7O5S. The van der Waals surface area contributed by atoms with Gasteiger partial charge in [0.15, 0.2) is 0 Å². The summed E-state index contributed by atoms with van der Waals surface area (Å²) in [5, 5.41) is 0. The second-order valence-electron chi connectivity index (χ2n) is 15.7. The molecule has 5 heterocycles. The van der Waals surface area contributed by atoms with E-state index in [1.54, 1.807) is 29.3 Å². The Morgan fingerprint density at radius 1 is 0.943 bits per heavy atom. The number of anilines is 2. The maximum Gasteiger partial charge on any atom is 0.264 e. The zero-order valence-corrected chi connectivity index (χ0v) is 32.0. The predicted octanol–water partition coefficient (Wildman–Crippen LogP) is 6.59. The number of carbonyl (C=O) groups is 1. The number of hydrogen-bond acceptors (Lipinski definition) is 10. The molecule has 1 N–H and O–H groups in total. The van der Waals surface area contributed by atoms with E-state index in [0.717, 1.165) is 68.0 Å². The molecule has 4 aromatic rings. The average Bonchev–Trinajstić information content (AvgIpc) is 3.62. The van der Waals surface area contributed by atoms with E-state index in [1.807, 2.05) is 38.2 Å². The van der Waals surface area contributed by atoms with Gasteiger partial charge in [-0.05, 0) is 86.6 Å². The van der Waals surface area contributed by atoms with Crippen molar-refractivity contribution in [2.45, 2.75) is 90.2 Å². The first-order valence-electron chi connectivity index (χ1n) is 18.5. The number of carbonyl (C=O) groups excluding carboxylic acids is 1. The fraction of sp³-hybridized carbons (Fsp3) is 0.475. The third-order valence-electron chi connectivity index (χ3n) is 10.4. The molecule has 280 valence electrons. The van der Waals surface area contributed by atoms with Crippen LogP contribution in [-0.2, 0) is 21.3 Å². The molecule has 53 heavy (non-hydrogen) atoms. The van der Waals surface area contributed by atoms with Crippen LogP contribution in [0.25, 0.3) is 11.3 Å². The van der Waals surface area contributed by atoms with E-state index in [0.29, 0.717) is 29.8 Å².